The smallest absolute Gasteiger partial charge is 0.0915 e. The molecule has 1 nitrogen and oxygen atoms in total. The van der Waals surface area contributed by atoms with Gasteiger partial charge in [-0.25, -0.2) is 0 Å². The highest BCUT2D eigenvalue weighted by Crippen LogP contribution is 2.48. The van der Waals surface area contributed by atoms with Crippen LogP contribution in [0.3, 0.4) is 0 Å². The molecule has 3 heteroatoms. The minimum atomic E-state index is -0.291. The number of aliphatic hydroxyl groups is 1. The van der Waals surface area contributed by atoms with Crippen LogP contribution in [-0.4, -0.2) is 5.11 Å². The SMILES string of the molecule is Cc1sc(C(O)C2CCCCC2(C)C)cc1Br. The van der Waals surface area contributed by atoms with Crippen molar-refractivity contribution in [2.45, 2.75) is 52.6 Å². The fourth-order valence-corrected chi connectivity index (χ4v) is 4.54. The largest absolute Gasteiger partial charge is 0.387 e. The Morgan fingerprint density at radius 1 is 1.47 bits per heavy atom. The summed E-state index contributed by atoms with van der Waals surface area (Å²) in [5.74, 6) is 0.404. The second kappa shape index (κ2) is 5.02. The number of hydrogen-bond acceptors (Lipinski definition) is 2. The van der Waals surface area contributed by atoms with E-state index in [-0.39, 0.29) is 11.5 Å². The first-order valence-corrected chi connectivity index (χ1v) is 7.96. The maximum Gasteiger partial charge on any atom is 0.0915 e. The van der Waals surface area contributed by atoms with Crippen LogP contribution in [0, 0.1) is 18.3 Å². The number of aryl methyl sites for hydroxylation is 1. The Labute approximate surface area is 116 Å². The first-order chi connectivity index (χ1) is 7.92. The van der Waals surface area contributed by atoms with Crippen molar-refractivity contribution in [3.05, 3.63) is 20.3 Å². The lowest BCUT2D eigenvalue weighted by Gasteiger charge is -2.41. The van der Waals surface area contributed by atoms with Gasteiger partial charge in [-0.3, -0.25) is 0 Å². The lowest BCUT2D eigenvalue weighted by atomic mass is 9.66. The quantitative estimate of drug-likeness (QED) is 0.807. The topological polar surface area (TPSA) is 20.2 Å². The van der Waals surface area contributed by atoms with Gasteiger partial charge in [0.15, 0.2) is 0 Å². The lowest BCUT2D eigenvalue weighted by molar-refractivity contribution is 0.00587. The van der Waals surface area contributed by atoms with E-state index < -0.39 is 0 Å². The highest BCUT2D eigenvalue weighted by atomic mass is 79.9. The van der Waals surface area contributed by atoms with E-state index in [1.807, 2.05) is 0 Å². The number of halogens is 1. The molecule has 2 rings (SSSR count). The van der Waals surface area contributed by atoms with E-state index in [2.05, 4.69) is 42.8 Å². The van der Waals surface area contributed by atoms with Gasteiger partial charge in [0.25, 0.3) is 0 Å². The van der Waals surface area contributed by atoms with E-state index in [1.165, 1.54) is 24.1 Å². The highest BCUT2D eigenvalue weighted by molar-refractivity contribution is 9.10. The lowest BCUT2D eigenvalue weighted by Crippen LogP contribution is -2.32. The molecular formula is C14H21BrOS. The maximum atomic E-state index is 10.6. The minimum Gasteiger partial charge on any atom is -0.387 e. The molecule has 2 unspecified atom stereocenters. The summed E-state index contributed by atoms with van der Waals surface area (Å²) >= 11 is 5.26. The first kappa shape index (κ1) is 13.6. The molecular weight excluding hydrogens is 296 g/mol. The summed E-state index contributed by atoms with van der Waals surface area (Å²) in [6, 6.07) is 2.09. The van der Waals surface area contributed by atoms with Gasteiger partial charge < -0.3 is 5.11 Å². The van der Waals surface area contributed by atoms with Crippen LogP contribution in [0.5, 0.6) is 0 Å². The molecule has 0 spiro atoms. The predicted octanol–water partition coefficient (Wildman–Crippen LogP) is 5.07. The molecule has 1 aliphatic rings. The zero-order valence-corrected chi connectivity index (χ0v) is 13.2. The minimum absolute atomic E-state index is 0.266. The molecule has 0 saturated heterocycles. The molecule has 96 valence electrons. The van der Waals surface area contributed by atoms with Crippen molar-refractivity contribution in [3.8, 4) is 0 Å². The third kappa shape index (κ3) is 2.77. The molecule has 1 aliphatic carbocycles. The van der Waals surface area contributed by atoms with E-state index in [9.17, 15) is 5.11 Å². The van der Waals surface area contributed by atoms with Crippen LogP contribution in [0.1, 0.15) is 55.4 Å². The van der Waals surface area contributed by atoms with E-state index in [1.54, 1.807) is 11.3 Å². The Morgan fingerprint density at radius 2 is 2.18 bits per heavy atom. The molecule has 1 aromatic rings. The van der Waals surface area contributed by atoms with Crippen molar-refractivity contribution < 1.29 is 5.11 Å². The van der Waals surface area contributed by atoms with Gasteiger partial charge in [0.1, 0.15) is 0 Å². The summed E-state index contributed by atoms with van der Waals surface area (Å²) in [5, 5.41) is 10.6. The van der Waals surface area contributed by atoms with E-state index in [4.69, 9.17) is 0 Å². The van der Waals surface area contributed by atoms with Crippen molar-refractivity contribution in [2.75, 3.05) is 0 Å². The van der Waals surface area contributed by atoms with Gasteiger partial charge in [-0.2, -0.15) is 0 Å². The molecule has 17 heavy (non-hydrogen) atoms. The van der Waals surface area contributed by atoms with Gasteiger partial charge in [-0.05, 0) is 53.1 Å². The molecule has 0 bridgehead atoms. The zero-order chi connectivity index (χ0) is 12.6. The molecule has 0 radical (unpaired) electrons. The first-order valence-electron chi connectivity index (χ1n) is 6.36. The predicted molar refractivity (Wildman–Crippen MR) is 77.5 cm³/mol. The maximum absolute atomic E-state index is 10.6. The van der Waals surface area contributed by atoms with Crippen LogP contribution in [0.4, 0.5) is 0 Å². The van der Waals surface area contributed by atoms with E-state index in [0.717, 1.165) is 15.8 Å². The van der Waals surface area contributed by atoms with E-state index in [0.29, 0.717) is 5.92 Å². The molecule has 0 aliphatic heterocycles. The van der Waals surface area contributed by atoms with Gasteiger partial charge in [0.2, 0.25) is 0 Å². The fourth-order valence-electron chi connectivity index (χ4n) is 2.93. The average Bonchev–Trinajstić information content (AvgIpc) is 2.58. The molecule has 1 fully saturated rings. The van der Waals surface area contributed by atoms with Crippen LogP contribution >= 0.6 is 27.3 Å². The normalized spacial score (nSPS) is 25.8. The number of thiophene rings is 1. The third-order valence-corrected chi connectivity index (χ3v) is 6.35. The van der Waals surface area contributed by atoms with Crippen molar-refractivity contribution in [2.24, 2.45) is 11.3 Å². The van der Waals surface area contributed by atoms with Gasteiger partial charge in [0.05, 0.1) is 6.10 Å². The average molecular weight is 317 g/mol. The summed E-state index contributed by atoms with van der Waals surface area (Å²) in [6.45, 7) is 6.70. The Morgan fingerprint density at radius 3 is 2.71 bits per heavy atom. The van der Waals surface area contributed by atoms with E-state index >= 15 is 0 Å². The van der Waals surface area contributed by atoms with Crippen LogP contribution in [0.25, 0.3) is 0 Å². The Balaban J connectivity index is 2.21. The van der Waals surface area contributed by atoms with Crippen molar-refractivity contribution in [3.63, 3.8) is 0 Å². The number of hydrogen-bond donors (Lipinski definition) is 1. The standard InChI is InChI=1S/C14H21BrOS/c1-9-11(15)8-12(17-9)13(16)10-6-4-5-7-14(10,2)3/h8,10,13,16H,4-7H2,1-3H3. The summed E-state index contributed by atoms with van der Waals surface area (Å²) in [4.78, 5) is 2.38. The summed E-state index contributed by atoms with van der Waals surface area (Å²) < 4.78 is 1.13. The molecule has 2 atom stereocenters. The van der Waals surface area contributed by atoms with Gasteiger partial charge in [-0.15, -0.1) is 11.3 Å². The van der Waals surface area contributed by atoms with Gasteiger partial charge >= 0.3 is 0 Å². The number of rotatable bonds is 2. The second-order valence-electron chi connectivity index (χ2n) is 5.84. The number of aliphatic hydroxyl groups excluding tert-OH is 1. The van der Waals surface area contributed by atoms with Crippen LogP contribution in [0.2, 0.25) is 0 Å². The van der Waals surface area contributed by atoms with Crippen LogP contribution < -0.4 is 0 Å². The second-order valence-corrected chi connectivity index (χ2v) is 7.98. The summed E-state index contributed by atoms with van der Waals surface area (Å²) in [6.07, 6.45) is 4.67. The Kier molecular flexibility index (Phi) is 4.01. The third-order valence-electron chi connectivity index (χ3n) is 4.14. The van der Waals surface area contributed by atoms with Crippen molar-refractivity contribution in [1.82, 2.24) is 0 Å². The fraction of sp³-hybridized carbons (Fsp3) is 0.714. The molecule has 1 aromatic heterocycles. The molecule has 0 amide bonds. The summed E-state index contributed by atoms with van der Waals surface area (Å²) in [5.41, 5.74) is 0.266. The van der Waals surface area contributed by atoms with Crippen LogP contribution in [-0.2, 0) is 0 Å². The zero-order valence-electron chi connectivity index (χ0n) is 10.8. The molecule has 0 aromatic carbocycles. The highest BCUT2D eigenvalue weighted by Gasteiger charge is 2.38. The van der Waals surface area contributed by atoms with Crippen LogP contribution in [0.15, 0.2) is 10.5 Å². The Hall–Kier alpha value is 0.140. The molecule has 1 heterocycles. The molecule has 1 N–H and O–H groups in total. The van der Waals surface area contributed by atoms with Crippen molar-refractivity contribution >= 4 is 27.3 Å². The Bertz CT molecular complexity index is 377. The van der Waals surface area contributed by atoms with Gasteiger partial charge in [-0.1, -0.05) is 26.7 Å². The monoisotopic (exact) mass is 316 g/mol. The van der Waals surface area contributed by atoms with Gasteiger partial charge in [0, 0.05) is 14.2 Å². The van der Waals surface area contributed by atoms with Crippen molar-refractivity contribution in [1.29, 1.82) is 0 Å². The molecule has 1 saturated carbocycles. The summed E-state index contributed by atoms with van der Waals surface area (Å²) in [7, 11) is 0.